The van der Waals surface area contributed by atoms with E-state index in [2.05, 4.69) is 0 Å². The van der Waals surface area contributed by atoms with E-state index in [1.54, 1.807) is 6.92 Å². The first-order valence-electron chi connectivity index (χ1n) is 5.59. The Balaban J connectivity index is 2.18. The molecule has 0 aromatic heterocycles. The second-order valence-corrected chi connectivity index (χ2v) is 4.03. The van der Waals surface area contributed by atoms with Gasteiger partial charge in [-0.25, -0.2) is 0 Å². The standard InChI is InChI=1S/C13H16O3/c1-3-15-12-5-4-10-6-11(9(2)14)8-16-13(10)7-12/h4-5,7,11H,3,6,8H2,1-2H3. The second-order valence-electron chi connectivity index (χ2n) is 4.03. The maximum atomic E-state index is 11.3. The van der Waals surface area contributed by atoms with Crippen LogP contribution in [0.5, 0.6) is 11.5 Å². The lowest BCUT2D eigenvalue weighted by atomic mass is 9.94. The average molecular weight is 220 g/mol. The third-order valence-corrected chi connectivity index (χ3v) is 2.83. The van der Waals surface area contributed by atoms with Crippen molar-refractivity contribution < 1.29 is 14.3 Å². The van der Waals surface area contributed by atoms with Crippen LogP contribution in [0.3, 0.4) is 0 Å². The van der Waals surface area contributed by atoms with E-state index in [4.69, 9.17) is 9.47 Å². The first-order valence-corrected chi connectivity index (χ1v) is 5.59. The SMILES string of the molecule is CCOc1ccc2c(c1)OCC(C(C)=O)C2. The zero-order valence-electron chi connectivity index (χ0n) is 9.66. The van der Waals surface area contributed by atoms with Gasteiger partial charge in [-0.05, 0) is 31.9 Å². The number of benzene rings is 1. The Hall–Kier alpha value is -1.51. The summed E-state index contributed by atoms with van der Waals surface area (Å²) in [6, 6.07) is 5.80. The lowest BCUT2D eigenvalue weighted by molar-refractivity contribution is -0.121. The molecular weight excluding hydrogens is 204 g/mol. The maximum absolute atomic E-state index is 11.3. The summed E-state index contributed by atoms with van der Waals surface area (Å²) in [4.78, 5) is 11.3. The molecule has 0 aliphatic carbocycles. The van der Waals surface area contributed by atoms with Gasteiger partial charge in [0.05, 0.1) is 19.1 Å². The number of ketones is 1. The van der Waals surface area contributed by atoms with Crippen LogP contribution >= 0.6 is 0 Å². The summed E-state index contributed by atoms with van der Waals surface area (Å²) in [5, 5.41) is 0. The van der Waals surface area contributed by atoms with Crippen molar-refractivity contribution >= 4 is 5.78 Å². The fourth-order valence-electron chi connectivity index (χ4n) is 1.87. The van der Waals surface area contributed by atoms with Gasteiger partial charge in [0.15, 0.2) is 0 Å². The summed E-state index contributed by atoms with van der Waals surface area (Å²) in [5.74, 6) is 1.87. The number of fused-ring (bicyclic) bond motifs is 1. The monoisotopic (exact) mass is 220 g/mol. The van der Waals surface area contributed by atoms with E-state index in [1.807, 2.05) is 25.1 Å². The number of carbonyl (C=O) groups excluding carboxylic acids is 1. The van der Waals surface area contributed by atoms with Crippen LogP contribution < -0.4 is 9.47 Å². The van der Waals surface area contributed by atoms with Crippen LogP contribution in [0.25, 0.3) is 0 Å². The van der Waals surface area contributed by atoms with E-state index in [0.717, 1.165) is 23.5 Å². The third kappa shape index (κ3) is 2.18. The summed E-state index contributed by atoms with van der Waals surface area (Å²) in [5.41, 5.74) is 1.09. The zero-order chi connectivity index (χ0) is 11.5. The second kappa shape index (κ2) is 4.56. The normalized spacial score (nSPS) is 18.5. The lowest BCUT2D eigenvalue weighted by Gasteiger charge is -2.23. The molecule has 0 amide bonds. The van der Waals surface area contributed by atoms with Crippen molar-refractivity contribution in [3.63, 3.8) is 0 Å². The van der Waals surface area contributed by atoms with Crippen LogP contribution in [0.15, 0.2) is 18.2 Å². The summed E-state index contributed by atoms with van der Waals surface area (Å²) in [6.07, 6.45) is 0.775. The molecule has 1 unspecified atom stereocenters. The molecule has 0 radical (unpaired) electrons. The molecule has 0 saturated heterocycles. The van der Waals surface area contributed by atoms with Crippen molar-refractivity contribution in [3.05, 3.63) is 23.8 Å². The number of hydrogen-bond donors (Lipinski definition) is 0. The Labute approximate surface area is 95.4 Å². The van der Waals surface area contributed by atoms with E-state index in [0.29, 0.717) is 13.2 Å². The molecule has 1 aromatic rings. The minimum atomic E-state index is 0.00504. The van der Waals surface area contributed by atoms with Crippen molar-refractivity contribution in [1.82, 2.24) is 0 Å². The fraction of sp³-hybridized carbons (Fsp3) is 0.462. The highest BCUT2D eigenvalue weighted by Crippen LogP contribution is 2.31. The van der Waals surface area contributed by atoms with Crippen molar-refractivity contribution in [2.75, 3.05) is 13.2 Å². The molecule has 0 fully saturated rings. The molecule has 1 atom stereocenters. The highest BCUT2D eigenvalue weighted by molar-refractivity contribution is 5.79. The van der Waals surface area contributed by atoms with Crippen molar-refractivity contribution in [3.8, 4) is 11.5 Å². The Morgan fingerprint density at radius 3 is 3.06 bits per heavy atom. The van der Waals surface area contributed by atoms with E-state index < -0.39 is 0 Å². The number of ether oxygens (including phenoxy) is 2. The Morgan fingerprint density at radius 1 is 1.56 bits per heavy atom. The molecule has 86 valence electrons. The quantitative estimate of drug-likeness (QED) is 0.783. The van der Waals surface area contributed by atoms with Gasteiger partial charge in [0.1, 0.15) is 17.3 Å². The molecule has 0 N–H and O–H groups in total. The van der Waals surface area contributed by atoms with Gasteiger partial charge in [0.2, 0.25) is 0 Å². The van der Waals surface area contributed by atoms with Crippen LogP contribution in [-0.4, -0.2) is 19.0 Å². The average Bonchev–Trinajstić information content (AvgIpc) is 2.28. The molecular formula is C13H16O3. The minimum Gasteiger partial charge on any atom is -0.494 e. The van der Waals surface area contributed by atoms with E-state index in [9.17, 15) is 4.79 Å². The number of carbonyl (C=O) groups is 1. The van der Waals surface area contributed by atoms with Crippen molar-refractivity contribution in [1.29, 1.82) is 0 Å². The summed E-state index contributed by atoms with van der Waals surface area (Å²) in [7, 11) is 0. The molecule has 0 saturated carbocycles. The third-order valence-electron chi connectivity index (χ3n) is 2.83. The van der Waals surface area contributed by atoms with Gasteiger partial charge in [-0.15, -0.1) is 0 Å². The molecule has 1 aliphatic heterocycles. The van der Waals surface area contributed by atoms with Gasteiger partial charge < -0.3 is 9.47 Å². The number of hydrogen-bond acceptors (Lipinski definition) is 3. The Kier molecular flexibility index (Phi) is 3.13. The van der Waals surface area contributed by atoms with Gasteiger partial charge in [-0.1, -0.05) is 6.07 Å². The molecule has 1 aliphatic rings. The topological polar surface area (TPSA) is 35.5 Å². The summed E-state index contributed by atoms with van der Waals surface area (Å²) >= 11 is 0. The van der Waals surface area contributed by atoms with Crippen molar-refractivity contribution in [2.45, 2.75) is 20.3 Å². The Morgan fingerprint density at radius 2 is 2.38 bits per heavy atom. The van der Waals surface area contributed by atoms with Crippen molar-refractivity contribution in [2.24, 2.45) is 5.92 Å². The van der Waals surface area contributed by atoms with Crippen LogP contribution in [0.2, 0.25) is 0 Å². The molecule has 3 heteroatoms. The lowest BCUT2D eigenvalue weighted by Crippen LogP contribution is -2.26. The zero-order valence-corrected chi connectivity index (χ0v) is 9.66. The molecule has 16 heavy (non-hydrogen) atoms. The first-order chi connectivity index (χ1) is 7.70. The minimum absolute atomic E-state index is 0.00504. The maximum Gasteiger partial charge on any atom is 0.136 e. The van der Waals surface area contributed by atoms with E-state index in [1.165, 1.54) is 0 Å². The first kappa shape index (κ1) is 11.0. The molecule has 1 heterocycles. The predicted octanol–water partition coefficient (Wildman–Crippen LogP) is 2.23. The predicted molar refractivity (Wildman–Crippen MR) is 61.0 cm³/mol. The number of rotatable bonds is 3. The van der Waals surface area contributed by atoms with Gasteiger partial charge in [-0.2, -0.15) is 0 Å². The summed E-state index contributed by atoms with van der Waals surface area (Å²) < 4.78 is 11.0. The van der Waals surface area contributed by atoms with Crippen LogP contribution in [0.1, 0.15) is 19.4 Å². The smallest absolute Gasteiger partial charge is 0.136 e. The molecule has 2 rings (SSSR count). The highest BCUT2D eigenvalue weighted by atomic mass is 16.5. The fourth-order valence-corrected chi connectivity index (χ4v) is 1.87. The molecule has 0 spiro atoms. The van der Waals surface area contributed by atoms with Crippen LogP contribution in [0, 0.1) is 5.92 Å². The highest BCUT2D eigenvalue weighted by Gasteiger charge is 2.23. The van der Waals surface area contributed by atoms with Crippen LogP contribution in [-0.2, 0) is 11.2 Å². The largest absolute Gasteiger partial charge is 0.494 e. The van der Waals surface area contributed by atoms with E-state index in [-0.39, 0.29) is 11.7 Å². The van der Waals surface area contributed by atoms with Crippen LogP contribution in [0.4, 0.5) is 0 Å². The molecule has 3 nitrogen and oxygen atoms in total. The van der Waals surface area contributed by atoms with Gasteiger partial charge in [0.25, 0.3) is 0 Å². The summed E-state index contributed by atoms with van der Waals surface area (Å²) in [6.45, 7) is 4.70. The molecule has 1 aromatic carbocycles. The number of Topliss-reactive ketones (excluding diaryl/α,β-unsaturated/α-hetero) is 1. The molecule has 0 bridgehead atoms. The van der Waals surface area contributed by atoms with Gasteiger partial charge in [-0.3, -0.25) is 4.79 Å². The van der Waals surface area contributed by atoms with E-state index >= 15 is 0 Å². The van der Waals surface area contributed by atoms with Gasteiger partial charge >= 0.3 is 0 Å². The Bertz CT molecular complexity index is 398. The van der Waals surface area contributed by atoms with Gasteiger partial charge in [0, 0.05) is 6.07 Å².